The molecule has 0 spiro atoms. The molecule has 1 aromatic carbocycles. The van der Waals surface area contributed by atoms with Crippen LogP contribution in [0.5, 0.6) is 0 Å². The Morgan fingerprint density at radius 1 is 1.28 bits per heavy atom. The van der Waals surface area contributed by atoms with Crippen molar-refractivity contribution in [2.24, 2.45) is 0 Å². The highest BCUT2D eigenvalue weighted by molar-refractivity contribution is 7.99. The Morgan fingerprint density at radius 2 is 2.11 bits per heavy atom. The summed E-state index contributed by atoms with van der Waals surface area (Å²) in [7, 11) is 0. The first kappa shape index (κ1) is 13.6. The van der Waals surface area contributed by atoms with Crippen molar-refractivity contribution >= 4 is 23.1 Å². The number of nitrogens with zero attached hydrogens (tertiary/aromatic N) is 1. The summed E-state index contributed by atoms with van der Waals surface area (Å²) in [5.41, 5.74) is 0. The van der Waals surface area contributed by atoms with Gasteiger partial charge in [-0.2, -0.15) is 0 Å². The summed E-state index contributed by atoms with van der Waals surface area (Å²) < 4.78 is 0. The molecule has 1 N–H and O–H groups in total. The molecular formula is C14H18N2S2. The second-order valence-corrected chi connectivity index (χ2v) is 6.28. The molecule has 2 nitrogen and oxygen atoms in total. The Balaban J connectivity index is 1.61. The van der Waals surface area contributed by atoms with E-state index in [-0.39, 0.29) is 0 Å². The number of nitrogens with one attached hydrogen (secondary N) is 1. The Morgan fingerprint density at radius 3 is 2.83 bits per heavy atom. The van der Waals surface area contributed by atoms with E-state index in [4.69, 9.17) is 0 Å². The number of aryl methyl sites for hydroxylation is 1. The third-order valence-corrected chi connectivity index (χ3v) is 4.65. The summed E-state index contributed by atoms with van der Waals surface area (Å²) in [6.45, 7) is 4.11. The first-order valence-corrected chi connectivity index (χ1v) is 8.01. The SMILES string of the molecule is CCc1ncc(CNCCSc2ccccc2)s1. The molecule has 0 aliphatic rings. The first-order valence-electron chi connectivity index (χ1n) is 6.20. The van der Waals surface area contributed by atoms with E-state index in [9.17, 15) is 0 Å². The van der Waals surface area contributed by atoms with Gasteiger partial charge in [-0.1, -0.05) is 25.1 Å². The van der Waals surface area contributed by atoms with E-state index in [1.807, 2.05) is 18.0 Å². The lowest BCUT2D eigenvalue weighted by atomic mass is 10.4. The quantitative estimate of drug-likeness (QED) is 0.619. The van der Waals surface area contributed by atoms with Crippen LogP contribution in [0.1, 0.15) is 16.8 Å². The zero-order valence-electron chi connectivity index (χ0n) is 10.6. The van der Waals surface area contributed by atoms with Gasteiger partial charge in [0.1, 0.15) is 0 Å². The van der Waals surface area contributed by atoms with Gasteiger partial charge in [-0.3, -0.25) is 0 Å². The molecule has 2 aromatic rings. The molecule has 0 fully saturated rings. The fourth-order valence-electron chi connectivity index (χ4n) is 1.56. The number of hydrogen-bond donors (Lipinski definition) is 1. The fourth-order valence-corrected chi connectivity index (χ4v) is 3.23. The normalized spacial score (nSPS) is 10.7. The molecule has 0 saturated heterocycles. The van der Waals surface area contributed by atoms with Crippen molar-refractivity contribution in [3.63, 3.8) is 0 Å². The van der Waals surface area contributed by atoms with E-state index in [0.29, 0.717) is 0 Å². The molecule has 0 radical (unpaired) electrons. The third-order valence-electron chi connectivity index (χ3n) is 2.49. The number of hydrogen-bond acceptors (Lipinski definition) is 4. The molecular weight excluding hydrogens is 260 g/mol. The van der Waals surface area contributed by atoms with Crippen molar-refractivity contribution in [1.82, 2.24) is 10.3 Å². The molecule has 0 unspecified atom stereocenters. The van der Waals surface area contributed by atoms with E-state index >= 15 is 0 Å². The monoisotopic (exact) mass is 278 g/mol. The minimum Gasteiger partial charge on any atom is -0.311 e. The van der Waals surface area contributed by atoms with Gasteiger partial charge in [0, 0.05) is 34.8 Å². The fraction of sp³-hybridized carbons (Fsp3) is 0.357. The topological polar surface area (TPSA) is 24.9 Å². The molecule has 1 aromatic heterocycles. The van der Waals surface area contributed by atoms with Crippen LogP contribution in [0.25, 0.3) is 0 Å². The van der Waals surface area contributed by atoms with Crippen LogP contribution in [-0.4, -0.2) is 17.3 Å². The molecule has 0 aliphatic heterocycles. The zero-order chi connectivity index (χ0) is 12.6. The van der Waals surface area contributed by atoms with E-state index < -0.39 is 0 Å². The average Bonchev–Trinajstić information content (AvgIpc) is 2.87. The number of thiazole rings is 1. The standard InChI is InChI=1S/C14H18N2S2/c1-2-14-16-11-13(18-14)10-15-8-9-17-12-6-4-3-5-7-12/h3-7,11,15H,2,8-10H2,1H3. The smallest absolute Gasteiger partial charge is 0.0925 e. The van der Waals surface area contributed by atoms with Crippen LogP contribution in [0.4, 0.5) is 0 Å². The van der Waals surface area contributed by atoms with Gasteiger partial charge < -0.3 is 5.32 Å². The zero-order valence-corrected chi connectivity index (χ0v) is 12.2. The predicted octanol–water partition coefficient (Wildman–Crippen LogP) is 3.59. The second kappa shape index (κ2) is 7.56. The summed E-state index contributed by atoms with van der Waals surface area (Å²) in [6, 6.07) is 10.5. The maximum absolute atomic E-state index is 4.35. The Labute approximate surface area is 117 Å². The van der Waals surface area contributed by atoms with Crippen molar-refractivity contribution in [2.45, 2.75) is 24.8 Å². The van der Waals surface area contributed by atoms with Gasteiger partial charge >= 0.3 is 0 Å². The van der Waals surface area contributed by atoms with E-state index in [1.165, 1.54) is 14.8 Å². The van der Waals surface area contributed by atoms with E-state index in [1.54, 1.807) is 11.3 Å². The molecule has 4 heteroatoms. The molecule has 1 heterocycles. The number of aromatic nitrogens is 1. The van der Waals surface area contributed by atoms with Crippen LogP contribution < -0.4 is 5.32 Å². The van der Waals surface area contributed by atoms with Gasteiger partial charge in [-0.25, -0.2) is 4.98 Å². The van der Waals surface area contributed by atoms with Gasteiger partial charge in [-0.15, -0.1) is 23.1 Å². The maximum atomic E-state index is 4.35. The first-order chi connectivity index (χ1) is 8.88. The van der Waals surface area contributed by atoms with Crippen LogP contribution in [0.15, 0.2) is 41.4 Å². The van der Waals surface area contributed by atoms with Crippen LogP contribution in [0.2, 0.25) is 0 Å². The van der Waals surface area contributed by atoms with Crippen LogP contribution in [0, 0.1) is 0 Å². The van der Waals surface area contributed by atoms with Crippen molar-refractivity contribution in [3.8, 4) is 0 Å². The lowest BCUT2D eigenvalue weighted by molar-refractivity contribution is 0.739. The van der Waals surface area contributed by atoms with Gasteiger partial charge in [0.25, 0.3) is 0 Å². The van der Waals surface area contributed by atoms with Crippen molar-refractivity contribution < 1.29 is 0 Å². The molecule has 2 rings (SSSR count). The largest absolute Gasteiger partial charge is 0.311 e. The predicted molar refractivity (Wildman–Crippen MR) is 80.4 cm³/mol. The number of benzene rings is 1. The molecule has 0 saturated carbocycles. The van der Waals surface area contributed by atoms with Crippen molar-refractivity contribution in [1.29, 1.82) is 0 Å². The molecule has 0 bridgehead atoms. The molecule has 0 atom stereocenters. The molecule has 0 amide bonds. The summed E-state index contributed by atoms with van der Waals surface area (Å²) in [5, 5.41) is 4.69. The lowest BCUT2D eigenvalue weighted by Gasteiger charge is -2.03. The maximum Gasteiger partial charge on any atom is 0.0925 e. The summed E-state index contributed by atoms with van der Waals surface area (Å²) in [5.74, 6) is 1.10. The highest BCUT2D eigenvalue weighted by Gasteiger charge is 1.99. The highest BCUT2D eigenvalue weighted by Crippen LogP contribution is 2.16. The lowest BCUT2D eigenvalue weighted by Crippen LogP contribution is -2.15. The third kappa shape index (κ3) is 4.44. The molecule has 0 aliphatic carbocycles. The van der Waals surface area contributed by atoms with Crippen LogP contribution >= 0.6 is 23.1 Å². The minimum absolute atomic E-state index is 0.938. The van der Waals surface area contributed by atoms with Gasteiger partial charge in [0.05, 0.1) is 5.01 Å². The Kier molecular flexibility index (Phi) is 5.71. The highest BCUT2D eigenvalue weighted by atomic mass is 32.2. The van der Waals surface area contributed by atoms with E-state index in [2.05, 4.69) is 47.6 Å². The average molecular weight is 278 g/mol. The number of thioether (sulfide) groups is 1. The van der Waals surface area contributed by atoms with Gasteiger partial charge in [0.15, 0.2) is 0 Å². The summed E-state index contributed by atoms with van der Waals surface area (Å²) >= 11 is 3.70. The summed E-state index contributed by atoms with van der Waals surface area (Å²) in [4.78, 5) is 7.02. The van der Waals surface area contributed by atoms with Crippen molar-refractivity contribution in [3.05, 3.63) is 46.4 Å². The van der Waals surface area contributed by atoms with Crippen LogP contribution in [-0.2, 0) is 13.0 Å². The minimum atomic E-state index is 0.938. The molecule has 18 heavy (non-hydrogen) atoms. The number of rotatable bonds is 7. The van der Waals surface area contributed by atoms with Crippen LogP contribution in [0.3, 0.4) is 0 Å². The Bertz CT molecular complexity index is 454. The van der Waals surface area contributed by atoms with Crippen molar-refractivity contribution in [2.75, 3.05) is 12.3 Å². The van der Waals surface area contributed by atoms with Gasteiger partial charge in [0.2, 0.25) is 0 Å². The van der Waals surface area contributed by atoms with Gasteiger partial charge in [-0.05, 0) is 18.6 Å². The molecule has 96 valence electrons. The Hall–Kier alpha value is -0.840. The van der Waals surface area contributed by atoms with E-state index in [0.717, 1.165) is 25.3 Å². The second-order valence-electron chi connectivity index (χ2n) is 3.91. The summed E-state index contributed by atoms with van der Waals surface area (Å²) in [6.07, 6.45) is 3.02.